The lowest BCUT2D eigenvalue weighted by Crippen LogP contribution is -2.40. The molecular weight excluding hydrogens is 277 g/mol. The van der Waals surface area contributed by atoms with E-state index in [1.807, 2.05) is 13.8 Å². The van der Waals surface area contributed by atoms with Gasteiger partial charge in [0.1, 0.15) is 11.6 Å². The summed E-state index contributed by atoms with van der Waals surface area (Å²) < 4.78 is 18.0. The zero-order valence-electron chi connectivity index (χ0n) is 12.1. The number of amides is 1. The summed E-state index contributed by atoms with van der Waals surface area (Å²) in [7, 11) is 0. The number of hydrogen-bond acceptors (Lipinski definition) is 3. The van der Waals surface area contributed by atoms with Crippen molar-refractivity contribution < 1.29 is 23.8 Å². The number of carbonyl (C=O) groups is 2. The van der Waals surface area contributed by atoms with Crippen LogP contribution in [0, 0.1) is 11.7 Å². The maximum Gasteiger partial charge on any atom is 0.305 e. The average Bonchev–Trinajstić information content (AvgIpc) is 2.39. The zero-order chi connectivity index (χ0) is 15.8. The lowest BCUT2D eigenvalue weighted by atomic mass is 10.0. The van der Waals surface area contributed by atoms with Crippen molar-refractivity contribution in [2.24, 2.45) is 5.92 Å². The van der Waals surface area contributed by atoms with Crippen molar-refractivity contribution in [3.63, 3.8) is 0 Å². The number of rotatable bonds is 8. The molecule has 0 fully saturated rings. The van der Waals surface area contributed by atoms with Gasteiger partial charge in [0.15, 0.2) is 0 Å². The summed E-state index contributed by atoms with van der Waals surface area (Å²) in [5.74, 6) is -1.06. The fourth-order valence-electron chi connectivity index (χ4n) is 1.71. The molecule has 21 heavy (non-hydrogen) atoms. The molecule has 1 unspecified atom stereocenters. The van der Waals surface area contributed by atoms with Crippen molar-refractivity contribution in [1.82, 2.24) is 5.32 Å². The highest BCUT2D eigenvalue weighted by Crippen LogP contribution is 2.11. The molecule has 1 atom stereocenters. The SMILES string of the molecule is CC(C)C(CC(=O)O)NC(=O)CCOc1ccc(F)cc1. The van der Waals surface area contributed by atoms with Gasteiger partial charge < -0.3 is 15.2 Å². The Morgan fingerprint density at radius 3 is 2.43 bits per heavy atom. The molecular formula is C15H20FNO4. The summed E-state index contributed by atoms with van der Waals surface area (Å²) in [5, 5.41) is 11.5. The van der Waals surface area contributed by atoms with E-state index in [1.165, 1.54) is 24.3 Å². The van der Waals surface area contributed by atoms with E-state index >= 15 is 0 Å². The fraction of sp³-hybridized carbons (Fsp3) is 0.467. The molecule has 6 heteroatoms. The van der Waals surface area contributed by atoms with E-state index in [0.29, 0.717) is 5.75 Å². The Hall–Kier alpha value is -2.11. The summed E-state index contributed by atoms with van der Waals surface area (Å²) in [6.07, 6.45) is 0.00242. The second-order valence-corrected chi connectivity index (χ2v) is 5.07. The first-order chi connectivity index (χ1) is 9.88. The van der Waals surface area contributed by atoms with Gasteiger partial charge in [-0.2, -0.15) is 0 Å². The highest BCUT2D eigenvalue weighted by atomic mass is 19.1. The first-order valence-corrected chi connectivity index (χ1v) is 6.78. The number of hydrogen-bond donors (Lipinski definition) is 2. The van der Waals surface area contributed by atoms with Gasteiger partial charge in [0.05, 0.1) is 19.4 Å². The first kappa shape index (κ1) is 16.9. The summed E-state index contributed by atoms with van der Waals surface area (Å²) in [6, 6.07) is 5.11. The molecule has 5 nitrogen and oxygen atoms in total. The predicted molar refractivity (Wildman–Crippen MR) is 75.5 cm³/mol. The van der Waals surface area contributed by atoms with Gasteiger partial charge in [0.2, 0.25) is 5.91 Å². The summed E-state index contributed by atoms with van der Waals surface area (Å²) >= 11 is 0. The van der Waals surface area contributed by atoms with Crippen LogP contribution in [0.15, 0.2) is 24.3 Å². The van der Waals surface area contributed by atoms with Crippen LogP contribution >= 0.6 is 0 Å². The molecule has 0 aliphatic rings. The predicted octanol–water partition coefficient (Wildman–Crippen LogP) is 2.21. The summed E-state index contributed by atoms with van der Waals surface area (Å²) in [6.45, 7) is 3.85. The highest BCUT2D eigenvalue weighted by molar-refractivity contribution is 5.77. The normalized spacial score (nSPS) is 12.0. The van der Waals surface area contributed by atoms with Crippen molar-refractivity contribution >= 4 is 11.9 Å². The lowest BCUT2D eigenvalue weighted by Gasteiger charge is -2.20. The Morgan fingerprint density at radius 2 is 1.90 bits per heavy atom. The Labute approximate surface area is 123 Å². The van der Waals surface area contributed by atoms with Crippen LogP contribution < -0.4 is 10.1 Å². The monoisotopic (exact) mass is 297 g/mol. The molecule has 1 aromatic carbocycles. The smallest absolute Gasteiger partial charge is 0.305 e. The van der Waals surface area contributed by atoms with E-state index in [-0.39, 0.29) is 37.1 Å². The molecule has 2 N–H and O–H groups in total. The van der Waals surface area contributed by atoms with Crippen LogP contribution in [0.1, 0.15) is 26.7 Å². The highest BCUT2D eigenvalue weighted by Gasteiger charge is 2.19. The molecule has 0 bridgehead atoms. The largest absolute Gasteiger partial charge is 0.493 e. The Balaban J connectivity index is 2.35. The Bertz CT molecular complexity index is 473. The second-order valence-electron chi connectivity index (χ2n) is 5.07. The molecule has 0 saturated carbocycles. The van der Waals surface area contributed by atoms with Gasteiger partial charge in [-0.05, 0) is 30.2 Å². The Morgan fingerprint density at radius 1 is 1.29 bits per heavy atom. The second kappa shape index (κ2) is 8.24. The number of benzene rings is 1. The summed E-state index contributed by atoms with van der Waals surface area (Å²) in [4.78, 5) is 22.5. The van der Waals surface area contributed by atoms with Crippen molar-refractivity contribution in [2.75, 3.05) is 6.61 Å². The van der Waals surface area contributed by atoms with Crippen LogP contribution in [-0.4, -0.2) is 29.6 Å². The number of ether oxygens (including phenoxy) is 1. The van der Waals surface area contributed by atoms with Gasteiger partial charge in [-0.1, -0.05) is 13.8 Å². The molecule has 0 spiro atoms. The molecule has 1 rings (SSSR count). The third kappa shape index (κ3) is 6.74. The third-order valence-corrected chi connectivity index (χ3v) is 2.96. The Kier molecular flexibility index (Phi) is 6.65. The number of carboxylic acid groups (broad SMARTS) is 1. The number of carbonyl (C=O) groups excluding carboxylic acids is 1. The maximum absolute atomic E-state index is 12.7. The van der Waals surface area contributed by atoms with Crippen molar-refractivity contribution in [2.45, 2.75) is 32.7 Å². The quantitative estimate of drug-likeness (QED) is 0.771. The number of halogens is 1. The van der Waals surface area contributed by atoms with Gasteiger partial charge in [-0.3, -0.25) is 9.59 Å². The van der Waals surface area contributed by atoms with Crippen molar-refractivity contribution in [1.29, 1.82) is 0 Å². The van der Waals surface area contributed by atoms with Gasteiger partial charge >= 0.3 is 5.97 Å². The molecule has 0 aliphatic carbocycles. The van der Waals surface area contributed by atoms with Crippen LogP contribution in [-0.2, 0) is 9.59 Å². The lowest BCUT2D eigenvalue weighted by molar-refractivity contribution is -0.138. The van der Waals surface area contributed by atoms with E-state index in [0.717, 1.165) is 0 Å². The zero-order valence-corrected chi connectivity index (χ0v) is 12.1. The van der Waals surface area contributed by atoms with Gasteiger partial charge in [0.25, 0.3) is 0 Å². The summed E-state index contributed by atoms with van der Waals surface area (Å²) in [5.41, 5.74) is 0. The topological polar surface area (TPSA) is 75.6 Å². The number of nitrogens with one attached hydrogen (secondary N) is 1. The van der Waals surface area contributed by atoms with Crippen LogP contribution in [0.2, 0.25) is 0 Å². The van der Waals surface area contributed by atoms with Gasteiger partial charge in [-0.15, -0.1) is 0 Å². The third-order valence-electron chi connectivity index (χ3n) is 2.96. The molecule has 1 aromatic rings. The van der Waals surface area contributed by atoms with E-state index < -0.39 is 12.0 Å². The van der Waals surface area contributed by atoms with E-state index in [2.05, 4.69) is 5.32 Å². The van der Waals surface area contributed by atoms with E-state index in [9.17, 15) is 14.0 Å². The van der Waals surface area contributed by atoms with Crippen LogP contribution in [0.5, 0.6) is 5.75 Å². The van der Waals surface area contributed by atoms with Crippen molar-refractivity contribution in [3.8, 4) is 5.75 Å². The van der Waals surface area contributed by atoms with Crippen LogP contribution in [0.3, 0.4) is 0 Å². The fourth-order valence-corrected chi connectivity index (χ4v) is 1.71. The molecule has 0 radical (unpaired) electrons. The standard InChI is InChI=1S/C15H20FNO4/c1-10(2)13(9-15(19)20)17-14(18)7-8-21-12-5-3-11(16)4-6-12/h3-6,10,13H,7-9H2,1-2H3,(H,17,18)(H,19,20). The maximum atomic E-state index is 12.7. The average molecular weight is 297 g/mol. The number of aliphatic carboxylic acids is 1. The van der Waals surface area contributed by atoms with Crippen LogP contribution in [0.25, 0.3) is 0 Å². The molecule has 1 amide bonds. The van der Waals surface area contributed by atoms with Crippen molar-refractivity contribution in [3.05, 3.63) is 30.1 Å². The minimum atomic E-state index is -0.948. The van der Waals surface area contributed by atoms with Gasteiger partial charge in [-0.25, -0.2) is 4.39 Å². The molecule has 116 valence electrons. The number of carboxylic acids is 1. The molecule has 0 aliphatic heterocycles. The molecule has 0 saturated heterocycles. The van der Waals surface area contributed by atoms with E-state index in [4.69, 9.17) is 9.84 Å². The minimum absolute atomic E-state index is 0.0306. The minimum Gasteiger partial charge on any atom is -0.493 e. The van der Waals surface area contributed by atoms with Gasteiger partial charge in [0, 0.05) is 6.04 Å². The van der Waals surface area contributed by atoms with E-state index in [1.54, 1.807) is 0 Å². The first-order valence-electron chi connectivity index (χ1n) is 6.78. The molecule has 0 aromatic heterocycles. The molecule has 0 heterocycles. The van der Waals surface area contributed by atoms with Crippen LogP contribution in [0.4, 0.5) is 4.39 Å².